The highest BCUT2D eigenvalue weighted by atomic mass is 16.5. The lowest BCUT2D eigenvalue weighted by atomic mass is 10.0. The first-order valence-electron chi connectivity index (χ1n) is 9.86. The van der Waals surface area contributed by atoms with E-state index in [4.69, 9.17) is 4.74 Å². The number of aromatic nitrogens is 2. The van der Waals surface area contributed by atoms with Crippen LogP contribution in [-0.4, -0.2) is 73.1 Å². The molecule has 3 heterocycles. The van der Waals surface area contributed by atoms with Gasteiger partial charge in [0, 0.05) is 38.2 Å². The Morgan fingerprint density at radius 1 is 1.07 bits per heavy atom. The quantitative estimate of drug-likeness (QED) is 0.806. The van der Waals surface area contributed by atoms with E-state index in [1.807, 2.05) is 12.1 Å². The molecule has 1 aromatic carbocycles. The van der Waals surface area contributed by atoms with Gasteiger partial charge in [-0.2, -0.15) is 0 Å². The summed E-state index contributed by atoms with van der Waals surface area (Å²) in [6, 6.07) is 8.28. The van der Waals surface area contributed by atoms with E-state index in [9.17, 15) is 0 Å². The van der Waals surface area contributed by atoms with Gasteiger partial charge in [-0.25, -0.2) is 9.97 Å². The standard InChI is InChI=1S/C21H29N5O/c1-24(2)8-5-9-25-10-12-26(13-11-25)21-18-14-17-6-3-4-7-20(17)27-15-19(18)22-16-23-21/h3-4,6-7,16H,5,8-15H2,1-2H3. The number of piperazine rings is 1. The van der Waals surface area contributed by atoms with Crippen molar-refractivity contribution >= 4 is 5.82 Å². The van der Waals surface area contributed by atoms with Crippen LogP contribution in [0.3, 0.4) is 0 Å². The molecule has 4 rings (SSSR count). The molecular formula is C21H29N5O. The zero-order valence-electron chi connectivity index (χ0n) is 16.4. The number of anilines is 1. The lowest BCUT2D eigenvalue weighted by molar-refractivity contribution is 0.241. The Morgan fingerprint density at radius 3 is 2.70 bits per heavy atom. The monoisotopic (exact) mass is 367 g/mol. The molecule has 2 aromatic rings. The van der Waals surface area contributed by atoms with Crippen molar-refractivity contribution in [2.75, 3.05) is 58.3 Å². The fourth-order valence-electron chi connectivity index (χ4n) is 3.94. The zero-order valence-corrected chi connectivity index (χ0v) is 16.4. The van der Waals surface area contributed by atoms with E-state index in [1.165, 1.54) is 24.1 Å². The maximum absolute atomic E-state index is 5.98. The molecule has 0 unspecified atom stereocenters. The lowest BCUT2D eigenvalue weighted by Crippen LogP contribution is -2.47. The Labute approximate surface area is 161 Å². The van der Waals surface area contributed by atoms with Crippen LogP contribution in [0, 0.1) is 0 Å². The summed E-state index contributed by atoms with van der Waals surface area (Å²) in [5, 5.41) is 0. The third kappa shape index (κ3) is 4.22. The van der Waals surface area contributed by atoms with E-state index in [1.54, 1.807) is 6.33 Å². The van der Waals surface area contributed by atoms with Gasteiger partial charge in [0.05, 0.1) is 5.69 Å². The van der Waals surface area contributed by atoms with E-state index >= 15 is 0 Å². The number of nitrogens with zero attached hydrogens (tertiary/aromatic N) is 5. The molecule has 0 bridgehead atoms. The average Bonchev–Trinajstić information content (AvgIpc) is 2.87. The van der Waals surface area contributed by atoms with E-state index < -0.39 is 0 Å². The van der Waals surface area contributed by atoms with Crippen LogP contribution in [0.25, 0.3) is 0 Å². The normalized spacial score (nSPS) is 17.2. The largest absolute Gasteiger partial charge is 0.487 e. The minimum Gasteiger partial charge on any atom is -0.487 e. The van der Waals surface area contributed by atoms with Gasteiger partial charge in [-0.05, 0) is 45.2 Å². The predicted octanol–water partition coefficient (Wildman–Crippen LogP) is 2.03. The highest BCUT2D eigenvalue weighted by molar-refractivity contribution is 5.53. The zero-order chi connectivity index (χ0) is 18.6. The van der Waals surface area contributed by atoms with Crippen molar-refractivity contribution < 1.29 is 4.74 Å². The molecule has 1 fully saturated rings. The van der Waals surface area contributed by atoms with E-state index in [-0.39, 0.29) is 0 Å². The molecule has 0 saturated carbocycles. The molecule has 0 N–H and O–H groups in total. The second kappa shape index (κ2) is 8.23. The second-order valence-corrected chi connectivity index (χ2v) is 7.68. The summed E-state index contributed by atoms with van der Waals surface area (Å²) in [7, 11) is 4.28. The summed E-state index contributed by atoms with van der Waals surface area (Å²) in [6.45, 7) is 7.08. The molecule has 0 atom stereocenters. The van der Waals surface area contributed by atoms with Crippen LogP contribution in [0.2, 0.25) is 0 Å². The van der Waals surface area contributed by atoms with Gasteiger partial charge in [0.25, 0.3) is 0 Å². The van der Waals surface area contributed by atoms with Gasteiger partial charge in [0.1, 0.15) is 24.5 Å². The lowest BCUT2D eigenvalue weighted by Gasteiger charge is -2.36. The van der Waals surface area contributed by atoms with Gasteiger partial charge < -0.3 is 14.5 Å². The van der Waals surface area contributed by atoms with Gasteiger partial charge in [-0.3, -0.25) is 4.90 Å². The fourth-order valence-corrected chi connectivity index (χ4v) is 3.94. The maximum Gasteiger partial charge on any atom is 0.135 e. The number of benzene rings is 1. The minimum absolute atomic E-state index is 0.520. The summed E-state index contributed by atoms with van der Waals surface area (Å²) < 4.78 is 5.98. The molecule has 0 aliphatic carbocycles. The molecular weight excluding hydrogens is 338 g/mol. The third-order valence-corrected chi connectivity index (χ3v) is 5.47. The molecule has 2 aliphatic rings. The molecule has 1 aromatic heterocycles. The van der Waals surface area contributed by atoms with Crippen molar-refractivity contribution in [3.05, 3.63) is 47.4 Å². The van der Waals surface area contributed by atoms with E-state index in [2.05, 4.69) is 50.9 Å². The Kier molecular flexibility index (Phi) is 5.55. The number of hydrogen-bond acceptors (Lipinski definition) is 6. The predicted molar refractivity (Wildman–Crippen MR) is 107 cm³/mol. The molecule has 144 valence electrons. The topological polar surface area (TPSA) is 44.7 Å². The Balaban J connectivity index is 1.46. The molecule has 6 heteroatoms. The van der Waals surface area contributed by atoms with Gasteiger partial charge in [0.2, 0.25) is 0 Å². The number of hydrogen-bond donors (Lipinski definition) is 0. The minimum atomic E-state index is 0.520. The van der Waals surface area contributed by atoms with Crippen molar-refractivity contribution in [1.29, 1.82) is 0 Å². The average molecular weight is 367 g/mol. The molecule has 27 heavy (non-hydrogen) atoms. The third-order valence-electron chi connectivity index (χ3n) is 5.47. The summed E-state index contributed by atoms with van der Waals surface area (Å²) in [4.78, 5) is 16.4. The van der Waals surface area contributed by atoms with Crippen molar-refractivity contribution in [2.45, 2.75) is 19.4 Å². The first kappa shape index (κ1) is 18.2. The number of ether oxygens (including phenoxy) is 1. The Hall–Kier alpha value is -2.18. The van der Waals surface area contributed by atoms with Crippen molar-refractivity contribution in [2.24, 2.45) is 0 Å². The number of rotatable bonds is 5. The highest BCUT2D eigenvalue weighted by Gasteiger charge is 2.24. The first-order valence-corrected chi connectivity index (χ1v) is 9.86. The summed E-state index contributed by atoms with van der Waals surface area (Å²) >= 11 is 0. The first-order chi connectivity index (χ1) is 13.2. The van der Waals surface area contributed by atoms with Crippen LogP contribution < -0.4 is 9.64 Å². The fraction of sp³-hybridized carbons (Fsp3) is 0.524. The number of fused-ring (bicyclic) bond motifs is 2. The molecule has 1 saturated heterocycles. The van der Waals surface area contributed by atoms with Gasteiger partial charge in [0.15, 0.2) is 0 Å². The maximum atomic E-state index is 5.98. The molecule has 0 radical (unpaired) electrons. The summed E-state index contributed by atoms with van der Waals surface area (Å²) in [5.41, 5.74) is 3.46. The van der Waals surface area contributed by atoms with Crippen LogP contribution in [0.5, 0.6) is 5.75 Å². The van der Waals surface area contributed by atoms with Crippen LogP contribution in [-0.2, 0) is 13.0 Å². The van der Waals surface area contributed by atoms with Gasteiger partial charge >= 0.3 is 0 Å². The summed E-state index contributed by atoms with van der Waals surface area (Å²) in [5.74, 6) is 2.06. The molecule has 2 aliphatic heterocycles. The van der Waals surface area contributed by atoms with Gasteiger partial charge in [-0.15, -0.1) is 0 Å². The number of para-hydroxylation sites is 1. The van der Waals surface area contributed by atoms with E-state index in [0.29, 0.717) is 6.61 Å². The van der Waals surface area contributed by atoms with Crippen molar-refractivity contribution in [3.63, 3.8) is 0 Å². The molecule has 6 nitrogen and oxygen atoms in total. The van der Waals surface area contributed by atoms with Crippen LogP contribution in [0.15, 0.2) is 30.6 Å². The SMILES string of the molecule is CN(C)CCCN1CCN(c2ncnc3c2Cc2ccccc2OC3)CC1. The van der Waals surface area contributed by atoms with Crippen molar-refractivity contribution in [3.8, 4) is 5.75 Å². The van der Waals surface area contributed by atoms with E-state index in [0.717, 1.165) is 56.4 Å². The highest BCUT2D eigenvalue weighted by Crippen LogP contribution is 2.31. The Bertz CT molecular complexity index is 771. The molecule has 0 spiro atoms. The smallest absolute Gasteiger partial charge is 0.135 e. The van der Waals surface area contributed by atoms with Crippen molar-refractivity contribution in [1.82, 2.24) is 19.8 Å². The van der Waals surface area contributed by atoms with Crippen LogP contribution in [0.4, 0.5) is 5.82 Å². The Morgan fingerprint density at radius 2 is 1.89 bits per heavy atom. The summed E-state index contributed by atoms with van der Waals surface area (Å²) in [6.07, 6.45) is 3.76. The second-order valence-electron chi connectivity index (χ2n) is 7.68. The molecule has 0 amide bonds. The van der Waals surface area contributed by atoms with Crippen LogP contribution >= 0.6 is 0 Å². The van der Waals surface area contributed by atoms with Crippen LogP contribution in [0.1, 0.15) is 23.2 Å². The van der Waals surface area contributed by atoms with Gasteiger partial charge in [-0.1, -0.05) is 18.2 Å².